The number of nitrogens with zero attached hydrogens (tertiary/aromatic N) is 3. The fourth-order valence-electron chi connectivity index (χ4n) is 2.88. The molecule has 2 N–H and O–H groups in total. The molecule has 5 nitrogen and oxygen atoms in total. The smallest absolute Gasteiger partial charge is 0.256 e. The lowest BCUT2D eigenvalue weighted by molar-refractivity contribution is 0.0603. The molecule has 0 radical (unpaired) electrons. The molecule has 110 valence electrons. The largest absolute Gasteiger partial charge is 0.336 e. The Morgan fingerprint density at radius 3 is 2.95 bits per heavy atom. The number of likely N-dealkylation sites (tertiary alicyclic amines) is 1. The summed E-state index contributed by atoms with van der Waals surface area (Å²) in [5.74, 6) is 0.0954. The second kappa shape index (κ2) is 6.79. The van der Waals surface area contributed by atoms with Gasteiger partial charge in [0.25, 0.3) is 5.91 Å². The summed E-state index contributed by atoms with van der Waals surface area (Å²) in [6.45, 7) is 5.33. The van der Waals surface area contributed by atoms with Crippen LogP contribution in [0, 0.1) is 6.92 Å². The first-order chi connectivity index (χ1) is 9.67. The first-order valence-electron chi connectivity index (χ1n) is 7.51. The molecule has 0 bridgehead atoms. The SMILES string of the molecule is CCc1nnc(C)cc1C(=O)N1CCCCC1CCN. The summed E-state index contributed by atoms with van der Waals surface area (Å²) in [5, 5.41) is 8.21. The number of amides is 1. The van der Waals surface area contributed by atoms with Crippen LogP contribution in [-0.4, -0.2) is 40.1 Å². The second-order valence-corrected chi connectivity index (χ2v) is 5.43. The molecule has 1 fully saturated rings. The number of piperidine rings is 1. The van der Waals surface area contributed by atoms with E-state index in [9.17, 15) is 4.79 Å². The number of hydrogen-bond acceptors (Lipinski definition) is 4. The molecule has 1 aromatic rings. The minimum absolute atomic E-state index is 0.0954. The van der Waals surface area contributed by atoms with Crippen molar-refractivity contribution < 1.29 is 4.79 Å². The molecule has 1 amide bonds. The van der Waals surface area contributed by atoms with Crippen LogP contribution in [0.5, 0.6) is 0 Å². The maximum atomic E-state index is 12.8. The van der Waals surface area contributed by atoms with Gasteiger partial charge in [0.2, 0.25) is 0 Å². The molecular formula is C15H24N4O. The van der Waals surface area contributed by atoms with E-state index >= 15 is 0 Å². The highest BCUT2D eigenvalue weighted by Crippen LogP contribution is 2.22. The van der Waals surface area contributed by atoms with E-state index in [4.69, 9.17) is 5.73 Å². The first kappa shape index (κ1) is 14.9. The lowest BCUT2D eigenvalue weighted by Gasteiger charge is -2.36. The molecule has 5 heteroatoms. The molecule has 20 heavy (non-hydrogen) atoms. The second-order valence-electron chi connectivity index (χ2n) is 5.43. The Kier molecular flexibility index (Phi) is 5.06. The third-order valence-corrected chi connectivity index (χ3v) is 3.95. The van der Waals surface area contributed by atoms with Gasteiger partial charge in [-0.2, -0.15) is 10.2 Å². The molecule has 0 aliphatic carbocycles. The van der Waals surface area contributed by atoms with Crippen molar-refractivity contribution in [1.29, 1.82) is 0 Å². The molecule has 1 saturated heterocycles. The van der Waals surface area contributed by atoms with Crippen molar-refractivity contribution in [2.75, 3.05) is 13.1 Å². The highest BCUT2D eigenvalue weighted by molar-refractivity contribution is 5.95. The third kappa shape index (κ3) is 3.15. The van der Waals surface area contributed by atoms with Crippen LogP contribution in [0.4, 0.5) is 0 Å². The fourth-order valence-corrected chi connectivity index (χ4v) is 2.88. The molecule has 0 saturated carbocycles. The predicted molar refractivity (Wildman–Crippen MR) is 78.5 cm³/mol. The van der Waals surface area contributed by atoms with Crippen LogP contribution in [0.2, 0.25) is 0 Å². The minimum Gasteiger partial charge on any atom is -0.336 e. The molecule has 1 aliphatic heterocycles. The van der Waals surface area contributed by atoms with Crippen LogP contribution < -0.4 is 5.73 Å². The summed E-state index contributed by atoms with van der Waals surface area (Å²) in [5.41, 5.74) is 7.97. The number of carbonyl (C=O) groups excluding carboxylic acids is 1. The molecular weight excluding hydrogens is 252 g/mol. The number of rotatable bonds is 4. The van der Waals surface area contributed by atoms with Crippen molar-refractivity contribution in [1.82, 2.24) is 15.1 Å². The van der Waals surface area contributed by atoms with Crippen LogP contribution in [0.25, 0.3) is 0 Å². The number of aryl methyl sites for hydroxylation is 2. The average molecular weight is 276 g/mol. The molecule has 2 rings (SSSR count). The van der Waals surface area contributed by atoms with Gasteiger partial charge >= 0.3 is 0 Å². The molecule has 0 spiro atoms. The Morgan fingerprint density at radius 2 is 2.25 bits per heavy atom. The van der Waals surface area contributed by atoms with Gasteiger partial charge in [-0.05, 0) is 51.6 Å². The van der Waals surface area contributed by atoms with Gasteiger partial charge in [-0.25, -0.2) is 0 Å². The summed E-state index contributed by atoms with van der Waals surface area (Å²) in [6, 6.07) is 2.14. The van der Waals surface area contributed by atoms with E-state index in [-0.39, 0.29) is 11.9 Å². The highest BCUT2D eigenvalue weighted by atomic mass is 16.2. The van der Waals surface area contributed by atoms with E-state index in [0.717, 1.165) is 43.6 Å². The van der Waals surface area contributed by atoms with E-state index < -0.39 is 0 Å². The number of aromatic nitrogens is 2. The van der Waals surface area contributed by atoms with Gasteiger partial charge in [0.05, 0.1) is 17.0 Å². The maximum absolute atomic E-state index is 12.8. The van der Waals surface area contributed by atoms with Gasteiger partial charge in [0.1, 0.15) is 0 Å². The third-order valence-electron chi connectivity index (χ3n) is 3.95. The zero-order chi connectivity index (χ0) is 14.5. The number of carbonyl (C=O) groups is 1. The van der Waals surface area contributed by atoms with Gasteiger partial charge in [-0.15, -0.1) is 0 Å². The van der Waals surface area contributed by atoms with Crippen molar-refractivity contribution in [3.05, 3.63) is 23.0 Å². The summed E-state index contributed by atoms with van der Waals surface area (Å²) < 4.78 is 0. The Morgan fingerprint density at radius 1 is 1.45 bits per heavy atom. The molecule has 0 aromatic carbocycles. The number of hydrogen-bond donors (Lipinski definition) is 1. The zero-order valence-electron chi connectivity index (χ0n) is 12.4. The highest BCUT2D eigenvalue weighted by Gasteiger charge is 2.28. The van der Waals surface area contributed by atoms with E-state index in [1.807, 2.05) is 24.8 Å². The van der Waals surface area contributed by atoms with Gasteiger partial charge in [0, 0.05) is 12.6 Å². The molecule has 1 aliphatic rings. The topological polar surface area (TPSA) is 72.1 Å². The van der Waals surface area contributed by atoms with Crippen LogP contribution in [0.1, 0.15) is 54.4 Å². The van der Waals surface area contributed by atoms with Crippen LogP contribution in [-0.2, 0) is 6.42 Å². The quantitative estimate of drug-likeness (QED) is 0.908. The Balaban J connectivity index is 2.26. The molecule has 1 atom stereocenters. The van der Waals surface area contributed by atoms with Crippen molar-refractivity contribution in [3.8, 4) is 0 Å². The standard InChI is InChI=1S/C15H24N4O/c1-3-14-13(10-11(2)17-18-14)15(20)19-9-5-4-6-12(19)7-8-16/h10,12H,3-9,16H2,1-2H3. The van der Waals surface area contributed by atoms with Gasteiger partial charge in [0.15, 0.2) is 0 Å². The Labute approximate surface area is 120 Å². The van der Waals surface area contributed by atoms with Crippen LogP contribution >= 0.6 is 0 Å². The summed E-state index contributed by atoms with van der Waals surface area (Å²) >= 11 is 0. The fraction of sp³-hybridized carbons (Fsp3) is 0.667. The summed E-state index contributed by atoms with van der Waals surface area (Å²) in [7, 11) is 0. The van der Waals surface area contributed by atoms with Crippen molar-refractivity contribution in [2.24, 2.45) is 5.73 Å². The normalized spacial score (nSPS) is 19.1. The maximum Gasteiger partial charge on any atom is 0.256 e. The van der Waals surface area contributed by atoms with Crippen molar-refractivity contribution in [2.45, 2.75) is 52.0 Å². The van der Waals surface area contributed by atoms with Gasteiger partial charge in [-0.3, -0.25) is 4.79 Å². The monoisotopic (exact) mass is 276 g/mol. The minimum atomic E-state index is 0.0954. The predicted octanol–water partition coefficient (Wildman–Crippen LogP) is 1.69. The molecule has 1 aromatic heterocycles. The van der Waals surface area contributed by atoms with E-state index in [0.29, 0.717) is 12.1 Å². The van der Waals surface area contributed by atoms with Gasteiger partial charge < -0.3 is 10.6 Å². The van der Waals surface area contributed by atoms with Gasteiger partial charge in [-0.1, -0.05) is 6.92 Å². The molecule has 1 unspecified atom stereocenters. The lowest BCUT2D eigenvalue weighted by atomic mass is 9.97. The zero-order valence-corrected chi connectivity index (χ0v) is 12.4. The Hall–Kier alpha value is -1.49. The summed E-state index contributed by atoms with van der Waals surface area (Å²) in [6.07, 6.45) is 4.92. The number of nitrogens with two attached hydrogens (primary N) is 1. The van der Waals surface area contributed by atoms with Crippen LogP contribution in [0.15, 0.2) is 6.07 Å². The summed E-state index contributed by atoms with van der Waals surface area (Å²) in [4.78, 5) is 14.8. The van der Waals surface area contributed by atoms with E-state index in [2.05, 4.69) is 10.2 Å². The average Bonchev–Trinajstić information content (AvgIpc) is 2.47. The van der Waals surface area contributed by atoms with Crippen LogP contribution in [0.3, 0.4) is 0 Å². The van der Waals surface area contributed by atoms with Crippen molar-refractivity contribution >= 4 is 5.91 Å². The van der Waals surface area contributed by atoms with E-state index in [1.54, 1.807) is 0 Å². The lowest BCUT2D eigenvalue weighted by Crippen LogP contribution is -2.45. The molecule has 2 heterocycles. The Bertz CT molecular complexity index is 473. The first-order valence-corrected chi connectivity index (χ1v) is 7.51. The van der Waals surface area contributed by atoms with E-state index in [1.165, 1.54) is 6.42 Å². The van der Waals surface area contributed by atoms with Crippen molar-refractivity contribution in [3.63, 3.8) is 0 Å².